The van der Waals surface area contributed by atoms with Crippen LogP contribution in [-0.4, -0.2) is 43.5 Å². The van der Waals surface area contributed by atoms with Gasteiger partial charge in [0.25, 0.3) is 0 Å². The van der Waals surface area contributed by atoms with Crippen molar-refractivity contribution < 1.29 is 23.1 Å². The molecular weight excluding hydrogens is 258 g/mol. The van der Waals surface area contributed by atoms with E-state index in [1.54, 1.807) is 0 Å². The summed E-state index contributed by atoms with van der Waals surface area (Å²) in [7, 11) is -3.40. The van der Waals surface area contributed by atoms with Gasteiger partial charge in [0.2, 0.25) is 10.0 Å². The Morgan fingerprint density at radius 1 is 1.50 bits per heavy atom. The largest absolute Gasteiger partial charge is 0.481 e. The second-order valence-corrected chi connectivity index (χ2v) is 7.11. The normalized spacial score (nSPS) is 23.8. The third-order valence-electron chi connectivity index (χ3n) is 2.85. The molecule has 1 aliphatic heterocycles. The minimum atomic E-state index is -3.40. The van der Waals surface area contributed by atoms with E-state index in [-0.39, 0.29) is 30.2 Å². The molecule has 0 aromatic heterocycles. The SMILES string of the molecule is CC1(C)CC(NS(=O)(=O)CCCC(=O)O)CCO1. The van der Waals surface area contributed by atoms with E-state index in [4.69, 9.17) is 9.84 Å². The van der Waals surface area contributed by atoms with E-state index in [9.17, 15) is 13.2 Å². The van der Waals surface area contributed by atoms with Crippen LogP contribution >= 0.6 is 0 Å². The number of carbonyl (C=O) groups is 1. The molecule has 0 aromatic carbocycles. The van der Waals surface area contributed by atoms with E-state index >= 15 is 0 Å². The minimum absolute atomic E-state index is 0.122. The average Bonchev–Trinajstić information content (AvgIpc) is 2.13. The van der Waals surface area contributed by atoms with Gasteiger partial charge in [-0.15, -0.1) is 0 Å². The lowest BCUT2D eigenvalue weighted by atomic mass is 9.95. The fraction of sp³-hybridized carbons (Fsp3) is 0.909. The molecule has 0 aromatic rings. The molecule has 7 heteroatoms. The number of hydrogen-bond donors (Lipinski definition) is 2. The molecule has 0 spiro atoms. The Morgan fingerprint density at radius 3 is 2.72 bits per heavy atom. The van der Waals surface area contributed by atoms with Crippen LogP contribution in [0.2, 0.25) is 0 Å². The van der Waals surface area contributed by atoms with Gasteiger partial charge in [0.1, 0.15) is 0 Å². The topological polar surface area (TPSA) is 92.7 Å². The monoisotopic (exact) mass is 279 g/mol. The Balaban J connectivity index is 2.42. The molecule has 0 radical (unpaired) electrons. The maximum Gasteiger partial charge on any atom is 0.303 e. The van der Waals surface area contributed by atoms with E-state index in [0.717, 1.165) is 0 Å². The number of aliphatic carboxylic acids is 1. The second kappa shape index (κ2) is 5.99. The van der Waals surface area contributed by atoms with E-state index in [1.165, 1.54) is 0 Å². The van der Waals surface area contributed by atoms with Gasteiger partial charge in [0.05, 0.1) is 11.4 Å². The van der Waals surface area contributed by atoms with Crippen LogP contribution in [0, 0.1) is 0 Å². The van der Waals surface area contributed by atoms with Crippen molar-refractivity contribution in [2.24, 2.45) is 0 Å². The van der Waals surface area contributed by atoms with E-state index < -0.39 is 16.0 Å². The van der Waals surface area contributed by atoms with Crippen molar-refractivity contribution in [1.82, 2.24) is 4.72 Å². The molecule has 2 N–H and O–H groups in total. The average molecular weight is 279 g/mol. The van der Waals surface area contributed by atoms with Gasteiger partial charge >= 0.3 is 5.97 Å². The summed E-state index contributed by atoms with van der Waals surface area (Å²) < 4.78 is 31.6. The van der Waals surface area contributed by atoms with Crippen LogP contribution in [-0.2, 0) is 19.6 Å². The van der Waals surface area contributed by atoms with Gasteiger partial charge < -0.3 is 9.84 Å². The Kier molecular flexibility index (Phi) is 5.12. The number of sulfonamides is 1. The van der Waals surface area contributed by atoms with E-state index in [1.807, 2.05) is 13.8 Å². The van der Waals surface area contributed by atoms with Crippen LogP contribution in [0.25, 0.3) is 0 Å². The predicted octanol–water partition coefficient (Wildman–Crippen LogP) is 0.728. The molecule has 1 aliphatic rings. The zero-order valence-corrected chi connectivity index (χ0v) is 11.6. The summed E-state index contributed by atoms with van der Waals surface area (Å²) in [6.45, 7) is 4.39. The molecule has 1 unspecified atom stereocenters. The van der Waals surface area contributed by atoms with Gasteiger partial charge in [0, 0.05) is 19.1 Å². The molecule has 6 nitrogen and oxygen atoms in total. The summed E-state index contributed by atoms with van der Waals surface area (Å²) >= 11 is 0. The number of rotatable bonds is 6. The van der Waals surface area contributed by atoms with Crippen LogP contribution in [0.3, 0.4) is 0 Å². The second-order valence-electron chi connectivity index (χ2n) is 5.23. The van der Waals surface area contributed by atoms with Gasteiger partial charge in [-0.2, -0.15) is 0 Å². The maximum absolute atomic E-state index is 11.7. The standard InChI is InChI=1S/C11H21NO5S/c1-11(2)8-9(5-6-17-11)12-18(15,16)7-3-4-10(13)14/h9,12H,3-8H2,1-2H3,(H,13,14). The van der Waals surface area contributed by atoms with Crippen molar-refractivity contribution in [3.63, 3.8) is 0 Å². The summed E-state index contributed by atoms with van der Waals surface area (Å²) in [5.74, 6) is -1.12. The number of hydrogen-bond acceptors (Lipinski definition) is 4. The van der Waals surface area contributed by atoms with Crippen molar-refractivity contribution in [2.75, 3.05) is 12.4 Å². The van der Waals surface area contributed by atoms with Gasteiger partial charge in [-0.3, -0.25) is 4.79 Å². The number of carboxylic acid groups (broad SMARTS) is 1. The van der Waals surface area contributed by atoms with Crippen LogP contribution in [0.4, 0.5) is 0 Å². The van der Waals surface area contributed by atoms with E-state index in [0.29, 0.717) is 19.4 Å². The first-order valence-corrected chi connectivity index (χ1v) is 7.71. The predicted molar refractivity (Wildman–Crippen MR) is 66.8 cm³/mol. The van der Waals surface area contributed by atoms with Crippen LogP contribution < -0.4 is 4.72 Å². The molecule has 1 atom stereocenters. The van der Waals surface area contributed by atoms with Gasteiger partial charge in [-0.05, 0) is 33.1 Å². The van der Waals surface area contributed by atoms with Crippen molar-refractivity contribution in [1.29, 1.82) is 0 Å². The zero-order chi connectivity index (χ0) is 13.8. The van der Waals surface area contributed by atoms with Crippen molar-refractivity contribution in [3.05, 3.63) is 0 Å². The minimum Gasteiger partial charge on any atom is -0.481 e. The molecule has 1 heterocycles. The third kappa shape index (κ3) is 5.79. The summed E-state index contributed by atoms with van der Waals surface area (Å²) in [5, 5.41) is 8.47. The van der Waals surface area contributed by atoms with Crippen LogP contribution in [0.1, 0.15) is 39.5 Å². The highest BCUT2D eigenvalue weighted by Crippen LogP contribution is 2.24. The quantitative estimate of drug-likeness (QED) is 0.747. The summed E-state index contributed by atoms with van der Waals surface area (Å²) in [6.07, 6.45) is 1.30. The summed E-state index contributed by atoms with van der Waals surface area (Å²) in [4.78, 5) is 10.3. The lowest BCUT2D eigenvalue weighted by Gasteiger charge is -2.35. The molecule has 1 rings (SSSR count). The van der Waals surface area contributed by atoms with Crippen molar-refractivity contribution in [3.8, 4) is 0 Å². The summed E-state index contributed by atoms with van der Waals surface area (Å²) in [6, 6.07) is -0.122. The first kappa shape index (κ1) is 15.4. The van der Waals surface area contributed by atoms with Crippen LogP contribution in [0.5, 0.6) is 0 Å². The zero-order valence-electron chi connectivity index (χ0n) is 10.8. The molecule has 1 saturated heterocycles. The fourth-order valence-corrected chi connectivity index (χ4v) is 3.41. The molecule has 106 valence electrons. The highest BCUT2D eigenvalue weighted by Gasteiger charge is 2.30. The molecule has 18 heavy (non-hydrogen) atoms. The van der Waals surface area contributed by atoms with Gasteiger partial charge in [-0.25, -0.2) is 13.1 Å². The smallest absolute Gasteiger partial charge is 0.303 e. The Morgan fingerprint density at radius 2 is 2.17 bits per heavy atom. The Hall–Kier alpha value is -0.660. The number of carboxylic acids is 1. The van der Waals surface area contributed by atoms with E-state index in [2.05, 4.69) is 4.72 Å². The Bertz CT molecular complexity index is 390. The maximum atomic E-state index is 11.7. The molecular formula is C11H21NO5S. The Labute approximate surface area is 108 Å². The number of nitrogens with one attached hydrogen (secondary N) is 1. The highest BCUT2D eigenvalue weighted by molar-refractivity contribution is 7.89. The molecule has 0 aliphatic carbocycles. The van der Waals surface area contributed by atoms with Gasteiger partial charge in [0.15, 0.2) is 0 Å². The fourth-order valence-electron chi connectivity index (χ4n) is 2.06. The van der Waals surface area contributed by atoms with Gasteiger partial charge in [-0.1, -0.05) is 0 Å². The molecule has 0 amide bonds. The first-order chi connectivity index (χ1) is 8.20. The lowest BCUT2D eigenvalue weighted by molar-refractivity contribution is -0.137. The van der Waals surface area contributed by atoms with Crippen LogP contribution in [0.15, 0.2) is 0 Å². The third-order valence-corrected chi connectivity index (χ3v) is 4.37. The lowest BCUT2D eigenvalue weighted by Crippen LogP contribution is -2.46. The molecule has 0 saturated carbocycles. The highest BCUT2D eigenvalue weighted by atomic mass is 32.2. The molecule has 1 fully saturated rings. The first-order valence-electron chi connectivity index (χ1n) is 6.06. The number of ether oxygens (including phenoxy) is 1. The summed E-state index contributed by atoms with van der Waals surface area (Å²) in [5.41, 5.74) is -0.313. The van der Waals surface area contributed by atoms with Crippen molar-refractivity contribution >= 4 is 16.0 Å². The molecule has 0 bridgehead atoms. The van der Waals surface area contributed by atoms with Crippen molar-refractivity contribution in [2.45, 2.75) is 51.2 Å².